The van der Waals surface area contributed by atoms with E-state index in [0.29, 0.717) is 0 Å². The summed E-state index contributed by atoms with van der Waals surface area (Å²) in [5.74, 6) is -0.164. The predicted octanol–water partition coefficient (Wildman–Crippen LogP) is 1.35. The van der Waals surface area contributed by atoms with Crippen LogP contribution in [-0.4, -0.2) is 10.2 Å². The van der Waals surface area contributed by atoms with Crippen molar-refractivity contribution in [2.45, 2.75) is 25.3 Å². The SMILES string of the molecule is Cc1cc(O)c(O)cc1C1(N)CC1. The molecule has 0 bridgehead atoms. The molecule has 0 atom stereocenters. The number of hydrogen-bond donors (Lipinski definition) is 3. The van der Waals surface area contributed by atoms with E-state index in [4.69, 9.17) is 5.73 Å². The molecule has 13 heavy (non-hydrogen) atoms. The maximum absolute atomic E-state index is 9.31. The van der Waals surface area contributed by atoms with Crippen molar-refractivity contribution in [3.05, 3.63) is 23.3 Å². The van der Waals surface area contributed by atoms with Gasteiger partial charge in [0.05, 0.1) is 0 Å². The fourth-order valence-corrected chi connectivity index (χ4v) is 1.62. The molecule has 1 fully saturated rings. The van der Waals surface area contributed by atoms with Gasteiger partial charge in [0.1, 0.15) is 0 Å². The van der Waals surface area contributed by atoms with Gasteiger partial charge in [-0.3, -0.25) is 0 Å². The Balaban J connectivity index is 2.52. The summed E-state index contributed by atoms with van der Waals surface area (Å²) >= 11 is 0. The van der Waals surface area contributed by atoms with Crippen molar-refractivity contribution in [2.75, 3.05) is 0 Å². The maximum Gasteiger partial charge on any atom is 0.157 e. The van der Waals surface area contributed by atoms with E-state index < -0.39 is 0 Å². The summed E-state index contributed by atoms with van der Waals surface area (Å²) < 4.78 is 0. The van der Waals surface area contributed by atoms with E-state index in [0.717, 1.165) is 24.0 Å². The second-order valence-electron chi connectivity index (χ2n) is 3.81. The van der Waals surface area contributed by atoms with Crippen LogP contribution in [0.15, 0.2) is 12.1 Å². The molecule has 3 nitrogen and oxygen atoms in total. The van der Waals surface area contributed by atoms with Crippen LogP contribution in [-0.2, 0) is 5.54 Å². The van der Waals surface area contributed by atoms with Crippen LogP contribution in [0.5, 0.6) is 11.5 Å². The summed E-state index contributed by atoms with van der Waals surface area (Å²) in [5, 5.41) is 18.5. The molecular formula is C10H13NO2. The minimum absolute atomic E-state index is 0.0782. The summed E-state index contributed by atoms with van der Waals surface area (Å²) in [7, 11) is 0. The Morgan fingerprint density at radius 2 is 1.77 bits per heavy atom. The van der Waals surface area contributed by atoms with Crippen LogP contribution in [0, 0.1) is 6.92 Å². The molecule has 1 aromatic rings. The zero-order valence-corrected chi connectivity index (χ0v) is 7.54. The van der Waals surface area contributed by atoms with Crippen LogP contribution < -0.4 is 5.73 Å². The Labute approximate surface area is 76.8 Å². The predicted molar refractivity (Wildman–Crippen MR) is 49.6 cm³/mol. The fraction of sp³-hybridized carbons (Fsp3) is 0.400. The number of nitrogens with two attached hydrogens (primary N) is 1. The highest BCUT2D eigenvalue weighted by Crippen LogP contribution is 2.46. The van der Waals surface area contributed by atoms with Gasteiger partial charge in [0.2, 0.25) is 0 Å². The topological polar surface area (TPSA) is 66.5 Å². The van der Waals surface area contributed by atoms with Gasteiger partial charge in [-0.2, -0.15) is 0 Å². The lowest BCUT2D eigenvalue weighted by Gasteiger charge is -2.13. The molecule has 0 aliphatic heterocycles. The normalized spacial score (nSPS) is 18.6. The fourth-order valence-electron chi connectivity index (χ4n) is 1.62. The van der Waals surface area contributed by atoms with E-state index in [2.05, 4.69) is 0 Å². The van der Waals surface area contributed by atoms with E-state index in [-0.39, 0.29) is 17.0 Å². The standard InChI is InChI=1S/C10H13NO2/c1-6-4-8(12)9(13)5-7(6)10(11)2-3-10/h4-5,12-13H,2-3,11H2,1H3. The summed E-state index contributed by atoms with van der Waals surface area (Å²) in [6, 6.07) is 3.12. The van der Waals surface area contributed by atoms with E-state index in [1.807, 2.05) is 6.92 Å². The van der Waals surface area contributed by atoms with Gasteiger partial charge in [0, 0.05) is 5.54 Å². The van der Waals surface area contributed by atoms with E-state index in [9.17, 15) is 10.2 Å². The second-order valence-corrected chi connectivity index (χ2v) is 3.81. The van der Waals surface area contributed by atoms with Gasteiger partial charge in [0.15, 0.2) is 11.5 Å². The largest absolute Gasteiger partial charge is 0.504 e. The highest BCUT2D eigenvalue weighted by molar-refractivity contribution is 5.49. The van der Waals surface area contributed by atoms with Gasteiger partial charge in [-0.25, -0.2) is 0 Å². The molecule has 0 heterocycles. The van der Waals surface area contributed by atoms with Gasteiger partial charge >= 0.3 is 0 Å². The first kappa shape index (κ1) is 8.38. The van der Waals surface area contributed by atoms with E-state index >= 15 is 0 Å². The molecule has 0 unspecified atom stereocenters. The first-order valence-corrected chi connectivity index (χ1v) is 4.35. The third-order valence-electron chi connectivity index (χ3n) is 2.65. The van der Waals surface area contributed by atoms with Crippen molar-refractivity contribution in [1.82, 2.24) is 0 Å². The summed E-state index contributed by atoms with van der Waals surface area (Å²) in [6.45, 7) is 1.89. The van der Waals surface area contributed by atoms with Crippen molar-refractivity contribution in [3.8, 4) is 11.5 Å². The number of aromatic hydroxyl groups is 2. The minimum Gasteiger partial charge on any atom is -0.504 e. The molecule has 1 aromatic carbocycles. The summed E-state index contributed by atoms with van der Waals surface area (Å²) in [5.41, 5.74) is 7.63. The molecule has 1 aliphatic carbocycles. The molecule has 2 rings (SSSR count). The molecule has 0 radical (unpaired) electrons. The van der Waals surface area contributed by atoms with Gasteiger partial charge in [-0.05, 0) is 43.0 Å². The monoisotopic (exact) mass is 179 g/mol. The first-order chi connectivity index (χ1) is 6.03. The van der Waals surface area contributed by atoms with Crippen LogP contribution in [0.25, 0.3) is 0 Å². The van der Waals surface area contributed by atoms with Crippen LogP contribution in [0.4, 0.5) is 0 Å². The third kappa shape index (κ3) is 1.25. The summed E-state index contributed by atoms with van der Waals surface area (Å²) in [6.07, 6.45) is 1.91. The number of phenolic OH excluding ortho intramolecular Hbond substituents is 2. The summed E-state index contributed by atoms with van der Waals surface area (Å²) in [4.78, 5) is 0. The number of benzene rings is 1. The second kappa shape index (κ2) is 2.39. The number of hydrogen-bond acceptors (Lipinski definition) is 3. The molecule has 4 N–H and O–H groups in total. The van der Waals surface area contributed by atoms with Crippen molar-refractivity contribution in [3.63, 3.8) is 0 Å². The van der Waals surface area contributed by atoms with Gasteiger partial charge in [-0.1, -0.05) is 0 Å². The molecule has 70 valence electrons. The molecule has 1 saturated carbocycles. The smallest absolute Gasteiger partial charge is 0.157 e. The van der Waals surface area contributed by atoms with Crippen LogP contribution in [0.1, 0.15) is 24.0 Å². The lowest BCUT2D eigenvalue weighted by Crippen LogP contribution is -2.19. The van der Waals surface area contributed by atoms with E-state index in [1.165, 1.54) is 0 Å². The Bertz CT molecular complexity index is 356. The molecule has 0 spiro atoms. The number of phenols is 2. The molecule has 3 heteroatoms. The van der Waals surface area contributed by atoms with E-state index in [1.54, 1.807) is 12.1 Å². The van der Waals surface area contributed by atoms with Crippen LogP contribution >= 0.6 is 0 Å². The molecule has 1 aliphatic rings. The number of rotatable bonds is 1. The molecule has 0 saturated heterocycles. The number of aryl methyl sites for hydroxylation is 1. The highest BCUT2D eigenvalue weighted by atomic mass is 16.3. The third-order valence-corrected chi connectivity index (χ3v) is 2.65. The van der Waals surface area contributed by atoms with Crippen LogP contribution in [0.3, 0.4) is 0 Å². The van der Waals surface area contributed by atoms with Gasteiger partial charge in [0.25, 0.3) is 0 Å². The maximum atomic E-state index is 9.31. The lowest BCUT2D eigenvalue weighted by atomic mass is 9.99. The lowest BCUT2D eigenvalue weighted by molar-refractivity contribution is 0.402. The van der Waals surface area contributed by atoms with Crippen molar-refractivity contribution in [1.29, 1.82) is 0 Å². The molecule has 0 amide bonds. The average Bonchev–Trinajstić information content (AvgIpc) is 2.77. The highest BCUT2D eigenvalue weighted by Gasteiger charge is 2.41. The minimum atomic E-state index is -0.255. The van der Waals surface area contributed by atoms with Crippen LogP contribution in [0.2, 0.25) is 0 Å². The molecule has 0 aromatic heterocycles. The Morgan fingerprint density at radius 1 is 1.23 bits per heavy atom. The Morgan fingerprint density at radius 3 is 2.31 bits per heavy atom. The van der Waals surface area contributed by atoms with Gasteiger partial charge in [-0.15, -0.1) is 0 Å². The van der Waals surface area contributed by atoms with Gasteiger partial charge < -0.3 is 15.9 Å². The van der Waals surface area contributed by atoms with Crippen molar-refractivity contribution in [2.24, 2.45) is 5.73 Å². The zero-order chi connectivity index (χ0) is 9.64. The Hall–Kier alpha value is -1.22. The zero-order valence-electron chi connectivity index (χ0n) is 7.54. The quantitative estimate of drug-likeness (QED) is 0.570. The Kier molecular flexibility index (Phi) is 1.54. The van der Waals surface area contributed by atoms with Crippen molar-refractivity contribution < 1.29 is 10.2 Å². The molecular weight excluding hydrogens is 166 g/mol. The first-order valence-electron chi connectivity index (χ1n) is 4.35. The average molecular weight is 179 g/mol. The van der Waals surface area contributed by atoms with Crippen molar-refractivity contribution >= 4 is 0 Å².